The van der Waals surface area contributed by atoms with Crippen LogP contribution in [0, 0.1) is 0 Å². The molecule has 1 aromatic carbocycles. The lowest BCUT2D eigenvalue weighted by Gasteiger charge is -1.81. The highest BCUT2D eigenvalue weighted by molar-refractivity contribution is 5.74. The fourth-order valence-corrected chi connectivity index (χ4v) is 0.974. The molecule has 0 saturated carbocycles. The van der Waals surface area contributed by atoms with Crippen LogP contribution in [0.1, 0.15) is 20.7 Å². The van der Waals surface area contributed by atoms with E-state index in [4.69, 9.17) is 0 Å². The van der Waals surface area contributed by atoms with Gasteiger partial charge in [-0.1, -0.05) is 30.3 Å². The number of benzene rings is 1. The molecule has 0 spiro atoms. The van der Waals surface area contributed by atoms with Crippen LogP contribution in [0.25, 0.3) is 0 Å². The van der Waals surface area contributed by atoms with Gasteiger partial charge in [0.15, 0.2) is 0 Å². The number of hydrogen-bond acceptors (Lipinski definition) is 3. The predicted molar refractivity (Wildman–Crippen MR) is 61.5 cm³/mol. The Hall–Kier alpha value is -2.29. The van der Waals surface area contributed by atoms with Crippen molar-refractivity contribution >= 4 is 12.6 Å². The quantitative estimate of drug-likeness (QED) is 0.719. The number of aldehydes is 2. The van der Waals surface area contributed by atoms with Crippen molar-refractivity contribution in [1.82, 2.24) is 4.98 Å². The molecule has 0 fully saturated rings. The molecule has 0 unspecified atom stereocenters. The van der Waals surface area contributed by atoms with Gasteiger partial charge < -0.3 is 0 Å². The molecule has 0 aliphatic rings. The van der Waals surface area contributed by atoms with Crippen molar-refractivity contribution in [2.45, 2.75) is 0 Å². The van der Waals surface area contributed by atoms with Crippen LogP contribution in [-0.2, 0) is 0 Å². The van der Waals surface area contributed by atoms with Gasteiger partial charge in [-0.15, -0.1) is 0 Å². The van der Waals surface area contributed by atoms with Gasteiger partial charge in [0.2, 0.25) is 0 Å². The molecular weight excluding hydrogens is 202 g/mol. The summed E-state index contributed by atoms with van der Waals surface area (Å²) in [5.74, 6) is 0. The van der Waals surface area contributed by atoms with E-state index < -0.39 is 0 Å². The van der Waals surface area contributed by atoms with Gasteiger partial charge in [0.25, 0.3) is 0 Å². The maximum atomic E-state index is 10.0. The highest BCUT2D eigenvalue weighted by Crippen LogP contribution is 1.91. The first kappa shape index (κ1) is 11.8. The average Bonchev–Trinajstić information content (AvgIpc) is 2.41. The third-order valence-electron chi connectivity index (χ3n) is 1.78. The molecule has 0 aliphatic carbocycles. The minimum Gasteiger partial charge on any atom is -0.298 e. The van der Waals surface area contributed by atoms with Gasteiger partial charge >= 0.3 is 0 Å². The minimum absolute atomic E-state index is 0.667. The zero-order chi connectivity index (χ0) is 11.6. The summed E-state index contributed by atoms with van der Waals surface area (Å²) in [6.45, 7) is 0. The third kappa shape index (κ3) is 4.28. The molecule has 0 saturated heterocycles. The van der Waals surface area contributed by atoms with Gasteiger partial charge in [0.1, 0.15) is 12.6 Å². The van der Waals surface area contributed by atoms with E-state index in [-0.39, 0.29) is 0 Å². The van der Waals surface area contributed by atoms with E-state index in [1.807, 2.05) is 18.2 Å². The van der Waals surface area contributed by atoms with Crippen molar-refractivity contribution in [3.63, 3.8) is 0 Å². The molecule has 3 nitrogen and oxygen atoms in total. The number of carbonyl (C=O) groups is 2. The molecule has 0 bridgehead atoms. The first-order chi connectivity index (χ1) is 7.86. The van der Waals surface area contributed by atoms with Crippen LogP contribution in [0.2, 0.25) is 0 Å². The molecule has 2 aromatic rings. The van der Waals surface area contributed by atoms with Crippen molar-refractivity contribution in [1.29, 1.82) is 0 Å². The molecule has 2 rings (SSSR count). The summed E-state index contributed by atoms with van der Waals surface area (Å²) < 4.78 is 0. The molecule has 3 heteroatoms. The summed E-state index contributed by atoms with van der Waals surface area (Å²) in [5.41, 5.74) is 1.40. The second-order valence-electron chi connectivity index (χ2n) is 2.93. The lowest BCUT2D eigenvalue weighted by atomic mass is 10.2. The number of nitrogens with zero attached hydrogens (tertiary/aromatic N) is 1. The lowest BCUT2D eigenvalue weighted by Crippen LogP contribution is -1.76. The van der Waals surface area contributed by atoms with Gasteiger partial charge in [-0.25, -0.2) is 0 Å². The van der Waals surface area contributed by atoms with E-state index in [1.54, 1.807) is 36.7 Å². The normalized spacial score (nSPS) is 8.50. The van der Waals surface area contributed by atoms with Gasteiger partial charge in [-0.2, -0.15) is 0 Å². The number of rotatable bonds is 2. The zero-order valence-electron chi connectivity index (χ0n) is 8.61. The lowest BCUT2D eigenvalue weighted by molar-refractivity contribution is 0.111. The van der Waals surface area contributed by atoms with E-state index in [0.29, 0.717) is 5.56 Å². The summed E-state index contributed by atoms with van der Waals surface area (Å²) in [5, 5.41) is 0. The number of aromatic nitrogens is 1. The molecule has 0 N–H and O–H groups in total. The van der Waals surface area contributed by atoms with E-state index in [1.165, 1.54) is 0 Å². The van der Waals surface area contributed by atoms with Gasteiger partial charge in [-0.3, -0.25) is 14.6 Å². The van der Waals surface area contributed by atoms with Crippen LogP contribution in [0.3, 0.4) is 0 Å². The van der Waals surface area contributed by atoms with Gasteiger partial charge in [0.05, 0.1) is 0 Å². The van der Waals surface area contributed by atoms with Crippen LogP contribution in [0.4, 0.5) is 0 Å². The number of pyridine rings is 1. The average molecular weight is 213 g/mol. The van der Waals surface area contributed by atoms with Crippen LogP contribution in [-0.4, -0.2) is 17.6 Å². The van der Waals surface area contributed by atoms with E-state index in [2.05, 4.69) is 4.98 Å². The maximum absolute atomic E-state index is 10.0. The molecule has 1 heterocycles. The molecule has 0 amide bonds. The summed E-state index contributed by atoms with van der Waals surface area (Å²) >= 11 is 0. The van der Waals surface area contributed by atoms with Crippen LogP contribution in [0.5, 0.6) is 0 Å². The zero-order valence-corrected chi connectivity index (χ0v) is 8.61. The van der Waals surface area contributed by atoms with Gasteiger partial charge in [-0.05, 0) is 12.1 Å². The molecule has 0 aliphatic heterocycles. The highest BCUT2D eigenvalue weighted by atomic mass is 16.1. The van der Waals surface area contributed by atoms with E-state index in [9.17, 15) is 9.59 Å². The molecule has 80 valence electrons. The fourth-order valence-electron chi connectivity index (χ4n) is 0.974. The summed E-state index contributed by atoms with van der Waals surface area (Å²) in [4.78, 5) is 23.7. The first-order valence-corrected chi connectivity index (χ1v) is 4.72. The molecule has 16 heavy (non-hydrogen) atoms. The summed E-state index contributed by atoms with van der Waals surface area (Å²) in [6.07, 6.45) is 4.80. The Kier molecular flexibility index (Phi) is 5.20. The van der Waals surface area contributed by atoms with Crippen molar-refractivity contribution in [2.75, 3.05) is 0 Å². The summed E-state index contributed by atoms with van der Waals surface area (Å²) in [7, 11) is 0. The third-order valence-corrected chi connectivity index (χ3v) is 1.78. The standard InChI is InChI=1S/C7H6O.C6H5NO/c8-6-7-4-2-1-3-5-7;8-5-6-1-3-7-4-2-6/h1-6H;1-5H. The Labute approximate surface area is 93.8 Å². The fraction of sp³-hybridized carbons (Fsp3) is 0. The largest absolute Gasteiger partial charge is 0.298 e. The van der Waals surface area contributed by atoms with Crippen molar-refractivity contribution < 1.29 is 9.59 Å². The SMILES string of the molecule is O=Cc1ccccc1.O=Cc1ccncc1. The van der Waals surface area contributed by atoms with Crippen molar-refractivity contribution in [3.8, 4) is 0 Å². The van der Waals surface area contributed by atoms with Gasteiger partial charge in [0, 0.05) is 23.5 Å². The topological polar surface area (TPSA) is 47.0 Å². The van der Waals surface area contributed by atoms with Crippen molar-refractivity contribution in [3.05, 3.63) is 66.0 Å². The Balaban J connectivity index is 0.000000160. The molecule has 0 radical (unpaired) electrons. The Morgan fingerprint density at radius 1 is 0.750 bits per heavy atom. The van der Waals surface area contributed by atoms with Crippen LogP contribution in [0.15, 0.2) is 54.9 Å². The highest BCUT2D eigenvalue weighted by Gasteiger charge is 1.81. The molecule has 0 atom stereocenters. The molecular formula is C13H11NO2. The Bertz CT molecular complexity index is 383. The summed E-state index contributed by atoms with van der Waals surface area (Å²) in [6, 6.07) is 12.4. The van der Waals surface area contributed by atoms with Crippen LogP contribution < -0.4 is 0 Å². The Morgan fingerprint density at radius 3 is 1.62 bits per heavy atom. The second-order valence-corrected chi connectivity index (χ2v) is 2.93. The number of carbonyl (C=O) groups excluding carboxylic acids is 2. The molecule has 1 aromatic heterocycles. The first-order valence-electron chi connectivity index (χ1n) is 4.72. The maximum Gasteiger partial charge on any atom is 0.150 e. The minimum atomic E-state index is 0.667. The number of hydrogen-bond donors (Lipinski definition) is 0. The van der Waals surface area contributed by atoms with E-state index >= 15 is 0 Å². The Morgan fingerprint density at radius 2 is 1.25 bits per heavy atom. The van der Waals surface area contributed by atoms with Crippen LogP contribution >= 0.6 is 0 Å². The smallest absolute Gasteiger partial charge is 0.150 e. The van der Waals surface area contributed by atoms with E-state index in [0.717, 1.165) is 18.1 Å². The van der Waals surface area contributed by atoms with Crippen molar-refractivity contribution in [2.24, 2.45) is 0 Å². The predicted octanol–water partition coefficient (Wildman–Crippen LogP) is 2.39. The monoisotopic (exact) mass is 213 g/mol. The second kappa shape index (κ2) is 7.06.